The van der Waals surface area contributed by atoms with Crippen LogP contribution in [0.3, 0.4) is 0 Å². The molecule has 0 saturated carbocycles. The molecule has 0 heterocycles. The molecule has 0 spiro atoms. The Balaban J connectivity index is 2.24. The Morgan fingerprint density at radius 3 is 0.818 bits per heavy atom. The highest BCUT2D eigenvalue weighted by Gasteiger charge is 2.42. The molecular formula is C68H92O7P2. The lowest BCUT2D eigenvalue weighted by Crippen LogP contribution is -2.20. The fraction of sp³-hybridized carbons (Fsp3) is 0.471. The van der Waals surface area contributed by atoms with Crippen molar-refractivity contribution in [3.8, 4) is 61.4 Å². The second-order valence-corrected chi connectivity index (χ2v) is 32.5. The topological polar surface area (TPSA) is 113 Å². The summed E-state index contributed by atoms with van der Waals surface area (Å²) in [5.74, 6) is -0.0310. The molecule has 0 radical (unpaired) electrons. The minimum atomic E-state index is -5.74. The predicted molar refractivity (Wildman–Crippen MR) is 327 cm³/mol. The Bertz CT molecular complexity index is 3100. The van der Waals surface area contributed by atoms with E-state index in [0.717, 1.165) is 89.0 Å². The molecule has 0 fully saturated rings. The molecule has 0 aromatic heterocycles. The molecule has 1 unspecified atom stereocenters. The van der Waals surface area contributed by atoms with Gasteiger partial charge in [-0.25, -0.2) is 9.13 Å². The van der Waals surface area contributed by atoms with Crippen molar-refractivity contribution in [3.05, 3.63) is 148 Å². The molecule has 1 atom stereocenters. The summed E-state index contributed by atoms with van der Waals surface area (Å²) in [6.45, 7) is 52.8. The summed E-state index contributed by atoms with van der Waals surface area (Å²) in [5.41, 5.74) is 13.0. The Hall–Kier alpha value is -4.58. The molecule has 0 aliphatic carbocycles. The summed E-state index contributed by atoms with van der Waals surface area (Å²) in [6, 6.07) is 36.8. The van der Waals surface area contributed by atoms with Gasteiger partial charge in [0, 0.05) is 22.3 Å². The third-order valence-corrected chi connectivity index (χ3v) is 16.9. The van der Waals surface area contributed by atoms with E-state index in [-0.39, 0.29) is 27.4 Å². The van der Waals surface area contributed by atoms with E-state index < -0.39 is 37.3 Å². The van der Waals surface area contributed by atoms with Gasteiger partial charge in [0.15, 0.2) is 0 Å². The van der Waals surface area contributed by atoms with Crippen molar-refractivity contribution in [3.63, 3.8) is 0 Å². The van der Waals surface area contributed by atoms with Crippen molar-refractivity contribution < 1.29 is 32.6 Å². The van der Waals surface area contributed by atoms with Crippen molar-refractivity contribution in [2.75, 3.05) is 0 Å². The molecule has 9 heteroatoms. The highest BCUT2D eigenvalue weighted by molar-refractivity contribution is 7.60. The molecule has 0 aliphatic heterocycles. The van der Waals surface area contributed by atoms with Gasteiger partial charge in [0.05, 0.1) is 0 Å². The standard InChI is InChI=1S/C68H92O7P2/c1-61(2,3)43-30-34-47(51(38-43)65(13,14)15)56-55(42-28-26-25-27-29-42)57(48-35-31-44(62(4,5)6)39-52(48)66(16,17)18)59(50-37-33-46(64(10,11)12)41-54(50)68(22,23)24)60(74-77(72,73)75-76(69,70)71)58(56)49-36-32-45(63(7,8)9)40-53(49)67(19,20)21/h25-41H,1-24H3,(H,72,73)(H2,69,70,71). The highest BCUT2D eigenvalue weighted by atomic mass is 31.3. The van der Waals surface area contributed by atoms with Gasteiger partial charge >= 0.3 is 15.6 Å². The van der Waals surface area contributed by atoms with Crippen LogP contribution in [0.4, 0.5) is 0 Å². The maximum atomic E-state index is 15.1. The summed E-state index contributed by atoms with van der Waals surface area (Å²) in [5, 5.41) is 0. The van der Waals surface area contributed by atoms with Crippen LogP contribution in [0.2, 0.25) is 0 Å². The van der Waals surface area contributed by atoms with Gasteiger partial charge in [0.1, 0.15) is 5.75 Å². The molecule has 7 nitrogen and oxygen atoms in total. The van der Waals surface area contributed by atoms with Crippen LogP contribution in [-0.4, -0.2) is 14.7 Å². The van der Waals surface area contributed by atoms with Crippen molar-refractivity contribution >= 4 is 15.6 Å². The Morgan fingerprint density at radius 1 is 0.325 bits per heavy atom. The van der Waals surface area contributed by atoms with E-state index in [9.17, 15) is 19.2 Å². The second kappa shape index (κ2) is 20.5. The predicted octanol–water partition coefficient (Wildman–Crippen LogP) is 20.0. The summed E-state index contributed by atoms with van der Waals surface area (Å²) >= 11 is 0. The van der Waals surface area contributed by atoms with Crippen LogP contribution in [0.1, 0.15) is 211 Å². The first-order valence-corrected chi connectivity index (χ1v) is 30.4. The Kier molecular flexibility index (Phi) is 16.4. The minimum Gasteiger partial charge on any atom is -0.402 e. The minimum absolute atomic E-state index is 0.0310. The summed E-state index contributed by atoms with van der Waals surface area (Å²) in [7, 11) is -11.4. The number of rotatable bonds is 9. The Labute approximate surface area is 464 Å². The monoisotopic (exact) mass is 1080 g/mol. The maximum absolute atomic E-state index is 15.1. The molecule has 0 aliphatic rings. The SMILES string of the molecule is CC(C)(C)c1ccc(-c2c(OP(=O)(O)OP(=O)(O)O)c(-c3ccc(C(C)(C)C)cc3C(C)(C)C)c(-c3ccc(C(C)(C)C)cc3C(C)(C)C)c(-c3ccccc3)c2-c2ccc(C(C)(C)C)cc2C(C)(C)C)c(C(C)(C)C)c1. The van der Waals surface area contributed by atoms with Gasteiger partial charge in [-0.1, -0.05) is 269 Å². The van der Waals surface area contributed by atoms with Crippen LogP contribution in [0.5, 0.6) is 5.75 Å². The lowest BCUT2D eigenvalue weighted by atomic mass is 9.68. The first-order valence-electron chi connectivity index (χ1n) is 27.3. The quantitative estimate of drug-likeness (QED) is 0.124. The average molecular weight is 1080 g/mol. The average Bonchev–Trinajstić information content (AvgIpc) is 3.24. The highest BCUT2D eigenvalue weighted by Crippen LogP contribution is 2.65. The zero-order chi connectivity index (χ0) is 58.4. The molecule has 3 N–H and O–H groups in total. The number of hydrogen-bond acceptors (Lipinski definition) is 4. The molecule has 0 saturated heterocycles. The molecule has 0 amide bonds. The van der Waals surface area contributed by atoms with Crippen molar-refractivity contribution in [2.24, 2.45) is 0 Å². The van der Waals surface area contributed by atoms with E-state index >= 15 is 4.57 Å². The molecule has 6 rings (SSSR count). The zero-order valence-corrected chi connectivity index (χ0v) is 53.0. The first-order chi connectivity index (χ1) is 34.6. The molecule has 416 valence electrons. The maximum Gasteiger partial charge on any atom is 0.536 e. The van der Waals surface area contributed by atoms with Crippen LogP contribution in [0.25, 0.3) is 55.6 Å². The Morgan fingerprint density at radius 2 is 0.584 bits per heavy atom. The van der Waals surface area contributed by atoms with Gasteiger partial charge < -0.3 is 14.3 Å². The molecule has 6 aromatic carbocycles. The molecule has 77 heavy (non-hydrogen) atoms. The van der Waals surface area contributed by atoms with Crippen LogP contribution in [0.15, 0.2) is 103 Å². The fourth-order valence-electron chi connectivity index (χ4n) is 10.4. The van der Waals surface area contributed by atoms with Crippen molar-refractivity contribution in [2.45, 2.75) is 209 Å². The molecule has 0 bridgehead atoms. The van der Waals surface area contributed by atoms with Crippen LogP contribution in [-0.2, 0) is 56.8 Å². The van der Waals surface area contributed by atoms with E-state index in [1.54, 1.807) is 0 Å². The van der Waals surface area contributed by atoms with Crippen LogP contribution >= 0.6 is 15.6 Å². The van der Waals surface area contributed by atoms with Gasteiger partial charge in [-0.2, -0.15) is 4.31 Å². The smallest absolute Gasteiger partial charge is 0.402 e. The van der Waals surface area contributed by atoms with Gasteiger partial charge in [-0.15, -0.1) is 0 Å². The summed E-state index contributed by atoms with van der Waals surface area (Å²) in [4.78, 5) is 33.2. The van der Waals surface area contributed by atoms with E-state index in [0.29, 0.717) is 11.1 Å². The first kappa shape index (κ1) is 61.6. The van der Waals surface area contributed by atoms with E-state index in [1.165, 1.54) is 0 Å². The van der Waals surface area contributed by atoms with Crippen LogP contribution < -0.4 is 4.52 Å². The van der Waals surface area contributed by atoms with Gasteiger partial charge in [-0.3, -0.25) is 4.89 Å². The van der Waals surface area contributed by atoms with E-state index in [1.807, 2.05) is 6.07 Å². The van der Waals surface area contributed by atoms with E-state index in [2.05, 4.69) is 263 Å². The molecule has 6 aromatic rings. The zero-order valence-electron chi connectivity index (χ0n) is 51.2. The normalized spacial score (nSPS) is 14.4. The van der Waals surface area contributed by atoms with Crippen molar-refractivity contribution in [1.82, 2.24) is 0 Å². The van der Waals surface area contributed by atoms with Gasteiger partial charge in [0.2, 0.25) is 0 Å². The third-order valence-electron chi connectivity index (χ3n) is 14.8. The third kappa shape index (κ3) is 13.7. The summed E-state index contributed by atoms with van der Waals surface area (Å²) in [6.07, 6.45) is 0. The van der Waals surface area contributed by atoms with Crippen molar-refractivity contribution in [1.29, 1.82) is 0 Å². The fourth-order valence-corrected chi connectivity index (χ4v) is 12.0. The van der Waals surface area contributed by atoms with E-state index in [4.69, 9.17) is 8.83 Å². The lowest BCUT2D eigenvalue weighted by Gasteiger charge is -2.36. The number of benzene rings is 6. The van der Waals surface area contributed by atoms with Gasteiger partial charge in [-0.05, 0) is 121 Å². The lowest BCUT2D eigenvalue weighted by molar-refractivity contribution is 0.230. The largest absolute Gasteiger partial charge is 0.536 e. The second-order valence-electron chi connectivity index (χ2n) is 29.7. The number of phosphoric acid groups is 2. The van der Waals surface area contributed by atoms with Gasteiger partial charge in [0.25, 0.3) is 0 Å². The number of hydrogen-bond donors (Lipinski definition) is 3. The number of phosphoric ester groups is 1. The summed E-state index contributed by atoms with van der Waals surface area (Å²) < 4.78 is 39.9. The molecular weight excluding hydrogens is 991 g/mol. The van der Waals surface area contributed by atoms with Crippen LogP contribution in [0, 0.1) is 0 Å².